The SMILES string of the molecule is Cc1[nH]nc(S(=O)(=O)NC(CC(C)C)CN(C)C)c1CN. The molecule has 0 saturated heterocycles. The van der Waals surface area contributed by atoms with E-state index in [0.29, 0.717) is 23.7 Å². The first-order valence-corrected chi connectivity index (χ1v) is 8.56. The van der Waals surface area contributed by atoms with E-state index in [1.807, 2.05) is 19.0 Å². The minimum atomic E-state index is -3.67. The summed E-state index contributed by atoms with van der Waals surface area (Å²) in [5.41, 5.74) is 6.85. The average Bonchev–Trinajstić information content (AvgIpc) is 2.68. The van der Waals surface area contributed by atoms with Crippen LogP contribution in [0.2, 0.25) is 0 Å². The molecule has 122 valence electrons. The second-order valence-corrected chi connectivity index (χ2v) is 7.68. The zero-order valence-corrected chi connectivity index (χ0v) is 14.3. The number of nitrogens with two attached hydrogens (primary N) is 1. The Kier molecular flexibility index (Phi) is 6.33. The molecule has 0 spiro atoms. The van der Waals surface area contributed by atoms with E-state index >= 15 is 0 Å². The Morgan fingerprint density at radius 3 is 2.48 bits per heavy atom. The highest BCUT2D eigenvalue weighted by atomic mass is 32.2. The molecule has 0 fully saturated rings. The maximum atomic E-state index is 12.5. The number of rotatable bonds is 8. The number of likely N-dealkylation sites (N-methyl/N-ethyl adjacent to an activating group) is 1. The maximum Gasteiger partial charge on any atom is 0.260 e. The van der Waals surface area contributed by atoms with Gasteiger partial charge in [-0.2, -0.15) is 5.10 Å². The summed E-state index contributed by atoms with van der Waals surface area (Å²) >= 11 is 0. The van der Waals surface area contributed by atoms with E-state index in [2.05, 4.69) is 28.8 Å². The first-order valence-electron chi connectivity index (χ1n) is 7.08. The number of H-pyrrole nitrogens is 1. The molecule has 0 saturated carbocycles. The van der Waals surface area contributed by atoms with Crippen molar-refractivity contribution in [3.8, 4) is 0 Å². The molecule has 0 bridgehead atoms. The summed E-state index contributed by atoms with van der Waals surface area (Å²) < 4.78 is 27.8. The fourth-order valence-corrected chi connectivity index (χ4v) is 3.79. The van der Waals surface area contributed by atoms with Gasteiger partial charge in [0.25, 0.3) is 10.0 Å². The van der Waals surface area contributed by atoms with Crippen molar-refractivity contribution in [3.05, 3.63) is 11.3 Å². The van der Waals surface area contributed by atoms with Crippen LogP contribution in [0, 0.1) is 12.8 Å². The van der Waals surface area contributed by atoms with Crippen LogP contribution in [0.25, 0.3) is 0 Å². The molecule has 0 aliphatic heterocycles. The molecule has 1 aromatic heterocycles. The number of aromatic nitrogens is 2. The third kappa shape index (κ3) is 5.06. The van der Waals surface area contributed by atoms with Crippen LogP contribution in [0.4, 0.5) is 0 Å². The minimum absolute atomic E-state index is 0.00927. The van der Waals surface area contributed by atoms with Gasteiger partial charge in [-0.05, 0) is 33.4 Å². The minimum Gasteiger partial charge on any atom is -0.326 e. The summed E-state index contributed by atoms with van der Waals surface area (Å²) in [6.45, 7) is 6.68. The van der Waals surface area contributed by atoms with E-state index in [1.54, 1.807) is 6.92 Å². The summed E-state index contributed by atoms with van der Waals surface area (Å²) in [5, 5.41) is 6.60. The summed E-state index contributed by atoms with van der Waals surface area (Å²) in [7, 11) is 0.173. The molecule has 1 unspecified atom stereocenters. The van der Waals surface area contributed by atoms with Gasteiger partial charge in [0.1, 0.15) is 0 Å². The lowest BCUT2D eigenvalue weighted by atomic mass is 10.0. The molecule has 0 amide bonds. The first-order chi connectivity index (χ1) is 9.67. The van der Waals surface area contributed by atoms with Crippen LogP contribution in [0.15, 0.2) is 5.03 Å². The third-order valence-electron chi connectivity index (χ3n) is 3.16. The van der Waals surface area contributed by atoms with Gasteiger partial charge in [0.05, 0.1) is 0 Å². The Labute approximate surface area is 127 Å². The van der Waals surface area contributed by atoms with Crippen molar-refractivity contribution < 1.29 is 8.42 Å². The van der Waals surface area contributed by atoms with Crippen LogP contribution in [0.3, 0.4) is 0 Å². The van der Waals surface area contributed by atoms with Gasteiger partial charge in [-0.3, -0.25) is 5.10 Å². The molecule has 4 N–H and O–H groups in total. The lowest BCUT2D eigenvalue weighted by molar-refractivity contribution is 0.329. The number of hydrogen-bond donors (Lipinski definition) is 3. The lowest BCUT2D eigenvalue weighted by Gasteiger charge is -2.23. The van der Waals surface area contributed by atoms with Gasteiger partial charge < -0.3 is 10.6 Å². The molecule has 0 aliphatic rings. The number of aryl methyl sites for hydroxylation is 1. The average molecular weight is 317 g/mol. The van der Waals surface area contributed by atoms with Crippen molar-refractivity contribution in [1.29, 1.82) is 0 Å². The largest absolute Gasteiger partial charge is 0.326 e. The van der Waals surface area contributed by atoms with Crippen LogP contribution < -0.4 is 10.5 Å². The Hall–Kier alpha value is -0.960. The van der Waals surface area contributed by atoms with Crippen molar-refractivity contribution in [2.24, 2.45) is 11.7 Å². The normalized spacial score (nSPS) is 14.1. The quantitative estimate of drug-likeness (QED) is 0.645. The van der Waals surface area contributed by atoms with Crippen LogP contribution in [-0.2, 0) is 16.6 Å². The summed E-state index contributed by atoms with van der Waals surface area (Å²) in [4.78, 5) is 1.97. The number of sulfonamides is 1. The van der Waals surface area contributed by atoms with E-state index in [4.69, 9.17) is 5.73 Å². The summed E-state index contributed by atoms with van der Waals surface area (Å²) in [5.74, 6) is 0.396. The van der Waals surface area contributed by atoms with Gasteiger partial charge in [0.15, 0.2) is 5.03 Å². The first kappa shape index (κ1) is 18.1. The highest BCUT2D eigenvalue weighted by Crippen LogP contribution is 2.17. The molecule has 8 heteroatoms. The molecular formula is C13H27N5O2S. The van der Waals surface area contributed by atoms with Crippen LogP contribution in [0.5, 0.6) is 0 Å². The van der Waals surface area contributed by atoms with E-state index < -0.39 is 10.0 Å². The van der Waals surface area contributed by atoms with Gasteiger partial charge >= 0.3 is 0 Å². The molecule has 1 heterocycles. The molecule has 1 atom stereocenters. The highest BCUT2D eigenvalue weighted by Gasteiger charge is 2.26. The van der Waals surface area contributed by atoms with Gasteiger partial charge in [0.2, 0.25) is 0 Å². The van der Waals surface area contributed by atoms with Crippen molar-refractivity contribution in [2.75, 3.05) is 20.6 Å². The van der Waals surface area contributed by atoms with Crippen LogP contribution in [0.1, 0.15) is 31.5 Å². The number of nitrogens with zero attached hydrogens (tertiary/aromatic N) is 2. The van der Waals surface area contributed by atoms with Crippen molar-refractivity contribution in [3.63, 3.8) is 0 Å². The van der Waals surface area contributed by atoms with Gasteiger partial charge in [-0.1, -0.05) is 13.8 Å². The van der Waals surface area contributed by atoms with Crippen LogP contribution in [-0.4, -0.2) is 50.2 Å². The van der Waals surface area contributed by atoms with E-state index in [1.165, 1.54) is 0 Å². The summed E-state index contributed by atoms with van der Waals surface area (Å²) in [6.07, 6.45) is 0.763. The van der Waals surface area contributed by atoms with Gasteiger partial charge in [-0.25, -0.2) is 13.1 Å². The third-order valence-corrected chi connectivity index (χ3v) is 4.65. The molecule has 0 radical (unpaired) electrons. The predicted octanol–water partition coefficient (Wildman–Crippen LogP) is 0.431. The van der Waals surface area contributed by atoms with E-state index in [9.17, 15) is 8.42 Å². The van der Waals surface area contributed by atoms with Crippen molar-refractivity contribution in [2.45, 2.75) is 44.8 Å². The highest BCUT2D eigenvalue weighted by molar-refractivity contribution is 7.89. The smallest absolute Gasteiger partial charge is 0.260 e. The molecule has 0 aromatic carbocycles. The zero-order chi connectivity index (χ0) is 16.2. The monoisotopic (exact) mass is 317 g/mol. The molecule has 21 heavy (non-hydrogen) atoms. The molecule has 7 nitrogen and oxygen atoms in total. The molecule has 1 aromatic rings. The topological polar surface area (TPSA) is 104 Å². The fourth-order valence-electron chi connectivity index (χ4n) is 2.34. The second kappa shape index (κ2) is 7.35. The Bertz CT molecular complexity index is 541. The lowest BCUT2D eigenvalue weighted by Crippen LogP contribution is -2.42. The van der Waals surface area contributed by atoms with Crippen molar-refractivity contribution in [1.82, 2.24) is 19.8 Å². The van der Waals surface area contributed by atoms with Gasteiger partial charge in [-0.15, -0.1) is 0 Å². The van der Waals surface area contributed by atoms with Crippen LogP contribution >= 0.6 is 0 Å². The Morgan fingerprint density at radius 1 is 1.38 bits per heavy atom. The number of aromatic amines is 1. The standard InChI is InChI=1S/C13H27N5O2S/c1-9(2)6-11(8-18(4)5)17-21(19,20)13-12(7-14)10(3)15-16-13/h9,11,17H,6-8,14H2,1-5H3,(H,15,16). The predicted molar refractivity (Wildman–Crippen MR) is 83.3 cm³/mol. The number of hydrogen-bond acceptors (Lipinski definition) is 5. The molecule has 0 aliphatic carbocycles. The van der Waals surface area contributed by atoms with E-state index in [0.717, 1.165) is 6.42 Å². The molecule has 1 rings (SSSR count). The second-order valence-electron chi connectivity index (χ2n) is 6.05. The molecular weight excluding hydrogens is 290 g/mol. The summed E-state index contributed by atoms with van der Waals surface area (Å²) in [6, 6.07) is -0.160. The van der Waals surface area contributed by atoms with Crippen molar-refractivity contribution >= 4 is 10.0 Å². The zero-order valence-electron chi connectivity index (χ0n) is 13.5. The number of nitrogens with one attached hydrogen (secondary N) is 2. The van der Waals surface area contributed by atoms with Gasteiger partial charge in [0, 0.05) is 30.4 Å². The fraction of sp³-hybridized carbons (Fsp3) is 0.769. The Balaban J connectivity index is 2.99. The maximum absolute atomic E-state index is 12.5. The van der Waals surface area contributed by atoms with E-state index in [-0.39, 0.29) is 17.6 Å². The Morgan fingerprint density at radius 2 is 2.00 bits per heavy atom.